The number of benzene rings is 1. The number of anilines is 1. The van der Waals surface area contributed by atoms with Crippen LogP contribution < -0.4 is 5.32 Å². The van der Waals surface area contributed by atoms with E-state index < -0.39 is 17.7 Å². The van der Waals surface area contributed by atoms with Crippen molar-refractivity contribution in [2.75, 3.05) is 19.0 Å². The van der Waals surface area contributed by atoms with Gasteiger partial charge in [0.2, 0.25) is 5.91 Å². The van der Waals surface area contributed by atoms with E-state index in [-0.39, 0.29) is 12.0 Å². The average Bonchev–Trinajstić information content (AvgIpc) is 3.28. The van der Waals surface area contributed by atoms with E-state index in [1.807, 2.05) is 18.2 Å². The predicted octanol–water partition coefficient (Wildman–Crippen LogP) is 3.70. The summed E-state index contributed by atoms with van der Waals surface area (Å²) in [4.78, 5) is 32.2. The first-order valence-electron chi connectivity index (χ1n) is 9.57. The highest BCUT2D eigenvalue weighted by molar-refractivity contribution is 7.15. The Morgan fingerprint density at radius 3 is 2.66 bits per heavy atom. The quantitative estimate of drug-likeness (QED) is 0.802. The number of likely N-dealkylation sites (tertiary alicyclic amines) is 1. The highest BCUT2D eigenvalue weighted by Gasteiger charge is 2.41. The molecule has 0 bridgehead atoms. The Bertz CT molecular complexity index is 847. The molecule has 1 aliphatic heterocycles. The standard InChI is InChI=1S/C21H27N3O4S/c1-21(2,3)28-20(26)24-13-15(27-4)11-17(24)18(25)23-19-22-12-16(29-19)10-14-8-6-5-7-9-14/h5-9,12,15,17H,10-11,13H2,1-4H3,(H,22,23,25)/t15-,17+/m0/s1. The molecule has 0 radical (unpaired) electrons. The lowest BCUT2D eigenvalue weighted by Gasteiger charge is -2.27. The zero-order valence-corrected chi connectivity index (χ0v) is 18.0. The van der Waals surface area contributed by atoms with E-state index >= 15 is 0 Å². The second-order valence-electron chi connectivity index (χ2n) is 8.03. The molecule has 8 heteroatoms. The van der Waals surface area contributed by atoms with Crippen LogP contribution in [0.15, 0.2) is 36.5 Å². The van der Waals surface area contributed by atoms with Gasteiger partial charge < -0.3 is 14.8 Å². The minimum absolute atomic E-state index is 0.205. The summed E-state index contributed by atoms with van der Waals surface area (Å²) < 4.78 is 10.8. The number of amides is 2. The number of aromatic nitrogens is 1. The van der Waals surface area contributed by atoms with Gasteiger partial charge in [0.15, 0.2) is 5.13 Å². The van der Waals surface area contributed by atoms with Gasteiger partial charge in [0.05, 0.1) is 12.6 Å². The van der Waals surface area contributed by atoms with Gasteiger partial charge in [-0.25, -0.2) is 9.78 Å². The number of ether oxygens (including phenoxy) is 2. The topological polar surface area (TPSA) is 80.8 Å². The Morgan fingerprint density at radius 2 is 2.00 bits per heavy atom. The van der Waals surface area contributed by atoms with Crippen LogP contribution >= 0.6 is 11.3 Å². The van der Waals surface area contributed by atoms with E-state index in [4.69, 9.17) is 9.47 Å². The number of methoxy groups -OCH3 is 1. The predicted molar refractivity (Wildman–Crippen MR) is 112 cm³/mol. The van der Waals surface area contributed by atoms with Crippen LogP contribution in [0.1, 0.15) is 37.6 Å². The lowest BCUT2D eigenvalue weighted by Crippen LogP contribution is -2.45. The molecule has 2 heterocycles. The number of nitrogens with one attached hydrogen (secondary N) is 1. The van der Waals surface area contributed by atoms with E-state index in [2.05, 4.69) is 22.4 Å². The van der Waals surface area contributed by atoms with Gasteiger partial charge in [-0.05, 0) is 26.3 Å². The van der Waals surface area contributed by atoms with Gasteiger partial charge in [0, 0.05) is 31.0 Å². The maximum absolute atomic E-state index is 12.9. The van der Waals surface area contributed by atoms with Crippen molar-refractivity contribution in [1.82, 2.24) is 9.88 Å². The molecule has 1 aliphatic rings. The highest BCUT2D eigenvalue weighted by Crippen LogP contribution is 2.26. The molecule has 2 amide bonds. The highest BCUT2D eigenvalue weighted by atomic mass is 32.1. The number of carbonyl (C=O) groups is 2. The van der Waals surface area contributed by atoms with Crippen LogP contribution in [-0.2, 0) is 20.7 Å². The molecule has 1 aromatic carbocycles. The molecule has 3 rings (SSSR count). The summed E-state index contributed by atoms with van der Waals surface area (Å²) in [6, 6.07) is 9.43. The Balaban J connectivity index is 1.66. The summed E-state index contributed by atoms with van der Waals surface area (Å²) in [5.74, 6) is -0.281. The number of rotatable bonds is 5. The van der Waals surface area contributed by atoms with Gasteiger partial charge in [0.1, 0.15) is 11.6 Å². The number of nitrogens with zero attached hydrogens (tertiary/aromatic N) is 2. The first kappa shape index (κ1) is 21.3. The first-order chi connectivity index (χ1) is 13.7. The van der Waals surface area contributed by atoms with Crippen molar-refractivity contribution in [1.29, 1.82) is 0 Å². The van der Waals surface area contributed by atoms with E-state index in [0.717, 1.165) is 11.3 Å². The molecule has 0 spiro atoms. The molecular formula is C21H27N3O4S. The van der Waals surface area contributed by atoms with Crippen LogP contribution in [-0.4, -0.2) is 53.3 Å². The second-order valence-corrected chi connectivity index (χ2v) is 9.14. The van der Waals surface area contributed by atoms with E-state index in [1.54, 1.807) is 34.1 Å². The van der Waals surface area contributed by atoms with Gasteiger partial charge in [-0.2, -0.15) is 0 Å². The fourth-order valence-corrected chi connectivity index (χ4v) is 4.02. The number of thiazole rings is 1. The Morgan fingerprint density at radius 1 is 1.28 bits per heavy atom. The molecule has 1 fully saturated rings. The van der Waals surface area contributed by atoms with Gasteiger partial charge in [-0.15, -0.1) is 11.3 Å². The summed E-state index contributed by atoms with van der Waals surface area (Å²) in [5.41, 5.74) is 0.550. The average molecular weight is 418 g/mol. The summed E-state index contributed by atoms with van der Waals surface area (Å²) in [6.45, 7) is 5.72. The lowest BCUT2D eigenvalue weighted by atomic mass is 10.1. The number of hydrogen-bond donors (Lipinski definition) is 1. The SMILES string of the molecule is CO[C@H]1C[C@H](C(=O)Nc2ncc(Cc3ccccc3)s2)N(C(=O)OC(C)(C)C)C1. The molecule has 2 atom stereocenters. The second kappa shape index (κ2) is 8.92. The first-order valence-corrected chi connectivity index (χ1v) is 10.4. The van der Waals surface area contributed by atoms with Crippen LogP contribution in [0.25, 0.3) is 0 Å². The molecule has 0 aliphatic carbocycles. The van der Waals surface area contributed by atoms with E-state index in [1.165, 1.54) is 21.8 Å². The van der Waals surface area contributed by atoms with Gasteiger partial charge >= 0.3 is 6.09 Å². The van der Waals surface area contributed by atoms with Crippen molar-refractivity contribution < 1.29 is 19.1 Å². The van der Waals surface area contributed by atoms with Crippen LogP contribution in [0.2, 0.25) is 0 Å². The summed E-state index contributed by atoms with van der Waals surface area (Å²) >= 11 is 1.43. The van der Waals surface area contributed by atoms with Crippen molar-refractivity contribution in [3.05, 3.63) is 47.0 Å². The largest absolute Gasteiger partial charge is 0.444 e. The normalized spacial score (nSPS) is 19.2. The number of carbonyl (C=O) groups excluding carboxylic acids is 2. The molecular weight excluding hydrogens is 390 g/mol. The van der Waals surface area contributed by atoms with Gasteiger partial charge in [-0.3, -0.25) is 9.69 Å². The Hall–Kier alpha value is -2.45. The van der Waals surface area contributed by atoms with Crippen molar-refractivity contribution >= 4 is 28.5 Å². The molecule has 1 N–H and O–H groups in total. The van der Waals surface area contributed by atoms with Crippen LogP contribution in [0.4, 0.5) is 9.93 Å². The van der Waals surface area contributed by atoms with E-state index in [9.17, 15) is 9.59 Å². The molecule has 1 aromatic heterocycles. The summed E-state index contributed by atoms with van der Waals surface area (Å²) in [5, 5.41) is 3.37. The summed E-state index contributed by atoms with van der Waals surface area (Å²) in [7, 11) is 1.58. The van der Waals surface area contributed by atoms with Gasteiger partial charge in [0.25, 0.3) is 0 Å². The fourth-order valence-electron chi connectivity index (χ4n) is 3.17. The molecule has 0 saturated carbocycles. The van der Waals surface area contributed by atoms with Crippen LogP contribution in [0, 0.1) is 0 Å². The van der Waals surface area contributed by atoms with Crippen molar-refractivity contribution in [2.45, 2.75) is 51.4 Å². The zero-order chi connectivity index (χ0) is 21.0. The summed E-state index contributed by atoms with van der Waals surface area (Å²) in [6.07, 6.45) is 2.23. The maximum atomic E-state index is 12.9. The zero-order valence-electron chi connectivity index (χ0n) is 17.2. The molecule has 1 saturated heterocycles. The molecule has 0 unspecified atom stereocenters. The Kier molecular flexibility index (Phi) is 6.54. The fraction of sp³-hybridized carbons (Fsp3) is 0.476. The third kappa shape index (κ3) is 5.77. The smallest absolute Gasteiger partial charge is 0.411 e. The monoisotopic (exact) mass is 417 g/mol. The number of hydrogen-bond acceptors (Lipinski definition) is 6. The molecule has 7 nitrogen and oxygen atoms in total. The molecule has 156 valence electrons. The Labute approximate surface area is 175 Å². The lowest BCUT2D eigenvalue weighted by molar-refractivity contribution is -0.120. The molecule has 29 heavy (non-hydrogen) atoms. The van der Waals surface area contributed by atoms with E-state index in [0.29, 0.717) is 18.1 Å². The third-order valence-electron chi connectivity index (χ3n) is 4.53. The maximum Gasteiger partial charge on any atom is 0.411 e. The third-order valence-corrected chi connectivity index (χ3v) is 5.44. The van der Waals surface area contributed by atoms with Crippen molar-refractivity contribution in [2.24, 2.45) is 0 Å². The van der Waals surface area contributed by atoms with Crippen molar-refractivity contribution in [3.8, 4) is 0 Å². The van der Waals surface area contributed by atoms with Crippen LogP contribution in [0.5, 0.6) is 0 Å². The van der Waals surface area contributed by atoms with Crippen LogP contribution in [0.3, 0.4) is 0 Å². The van der Waals surface area contributed by atoms with Gasteiger partial charge in [-0.1, -0.05) is 30.3 Å². The minimum atomic E-state index is -0.656. The van der Waals surface area contributed by atoms with Crippen molar-refractivity contribution in [3.63, 3.8) is 0 Å². The minimum Gasteiger partial charge on any atom is -0.444 e. The molecule has 2 aromatic rings.